The molecule has 0 atom stereocenters. The second-order valence-electron chi connectivity index (χ2n) is 4.64. The molecule has 0 unspecified atom stereocenters. The lowest BCUT2D eigenvalue weighted by molar-refractivity contribution is 0.602. The van der Waals surface area contributed by atoms with Gasteiger partial charge in [-0.2, -0.15) is 0 Å². The van der Waals surface area contributed by atoms with E-state index in [1.807, 2.05) is 24.4 Å². The number of aryl methyl sites for hydroxylation is 1. The Kier molecular flexibility index (Phi) is 4.21. The van der Waals surface area contributed by atoms with E-state index in [-0.39, 0.29) is 5.82 Å². The number of hydrogen-bond acceptors (Lipinski definition) is 3. The molecule has 2 heterocycles. The van der Waals surface area contributed by atoms with E-state index >= 15 is 0 Å². The predicted octanol–water partition coefficient (Wildman–Crippen LogP) is 2.92. The van der Waals surface area contributed by atoms with E-state index in [9.17, 15) is 4.39 Å². The van der Waals surface area contributed by atoms with Gasteiger partial charge in [-0.05, 0) is 42.3 Å². The molecule has 3 rings (SSSR count). The van der Waals surface area contributed by atoms with Gasteiger partial charge in [-0.15, -0.1) is 5.10 Å². The lowest BCUT2D eigenvalue weighted by Gasteiger charge is -1.95. The zero-order valence-corrected chi connectivity index (χ0v) is 11.8. The summed E-state index contributed by atoms with van der Waals surface area (Å²) in [5, 5.41) is 8.13. The van der Waals surface area contributed by atoms with Gasteiger partial charge in [0.1, 0.15) is 17.2 Å². The van der Waals surface area contributed by atoms with E-state index in [0.29, 0.717) is 13.0 Å². The third-order valence-electron chi connectivity index (χ3n) is 3.03. The zero-order chi connectivity index (χ0) is 15.2. The van der Waals surface area contributed by atoms with Gasteiger partial charge in [0.15, 0.2) is 0 Å². The molecule has 0 N–H and O–H groups in total. The van der Waals surface area contributed by atoms with Gasteiger partial charge in [0.25, 0.3) is 0 Å². The standard InChI is InChI=1S/C17H13FN4/c18-15-9-7-14(8-10-15)17-13-22(21-20-17)12-4-2-6-16-5-1-3-11-19-16/h1,3,5,7-11,13H,4,12H2. The highest BCUT2D eigenvalue weighted by atomic mass is 19.1. The van der Waals surface area contributed by atoms with Gasteiger partial charge in [0, 0.05) is 18.2 Å². The van der Waals surface area contributed by atoms with Crippen LogP contribution in [-0.4, -0.2) is 20.0 Å². The molecule has 0 saturated heterocycles. The maximum atomic E-state index is 12.9. The van der Waals surface area contributed by atoms with Crippen molar-refractivity contribution in [1.82, 2.24) is 20.0 Å². The highest BCUT2D eigenvalue weighted by molar-refractivity contribution is 5.57. The molecular weight excluding hydrogens is 279 g/mol. The normalized spacial score (nSPS) is 10.0. The Morgan fingerprint density at radius 1 is 1.09 bits per heavy atom. The quantitative estimate of drug-likeness (QED) is 0.697. The van der Waals surface area contributed by atoms with E-state index in [1.54, 1.807) is 23.0 Å². The fraction of sp³-hybridized carbons (Fsp3) is 0.118. The van der Waals surface area contributed by atoms with Crippen molar-refractivity contribution >= 4 is 0 Å². The number of halogens is 1. The van der Waals surface area contributed by atoms with Crippen molar-refractivity contribution in [2.75, 3.05) is 0 Å². The Balaban J connectivity index is 1.61. The van der Waals surface area contributed by atoms with Crippen molar-refractivity contribution in [2.45, 2.75) is 13.0 Å². The molecule has 0 aliphatic carbocycles. The van der Waals surface area contributed by atoms with Crippen LogP contribution >= 0.6 is 0 Å². The molecule has 4 nitrogen and oxygen atoms in total. The molecular formula is C17H13FN4. The van der Waals surface area contributed by atoms with Crippen molar-refractivity contribution in [3.05, 3.63) is 66.4 Å². The van der Waals surface area contributed by atoms with Crippen LogP contribution in [0.4, 0.5) is 4.39 Å². The fourth-order valence-corrected chi connectivity index (χ4v) is 1.92. The van der Waals surface area contributed by atoms with Gasteiger partial charge in [-0.25, -0.2) is 9.37 Å². The van der Waals surface area contributed by atoms with Crippen LogP contribution in [-0.2, 0) is 6.54 Å². The van der Waals surface area contributed by atoms with Gasteiger partial charge in [-0.1, -0.05) is 17.2 Å². The van der Waals surface area contributed by atoms with Crippen molar-refractivity contribution in [1.29, 1.82) is 0 Å². The molecule has 0 aliphatic rings. The van der Waals surface area contributed by atoms with E-state index in [4.69, 9.17) is 0 Å². The minimum absolute atomic E-state index is 0.263. The smallest absolute Gasteiger partial charge is 0.123 e. The molecule has 2 aromatic heterocycles. The molecule has 0 aliphatic heterocycles. The molecule has 0 bridgehead atoms. The average Bonchev–Trinajstić information content (AvgIpc) is 3.02. The largest absolute Gasteiger partial charge is 0.251 e. The third-order valence-corrected chi connectivity index (χ3v) is 3.03. The first-order valence-corrected chi connectivity index (χ1v) is 6.87. The van der Waals surface area contributed by atoms with Crippen LogP contribution in [0.25, 0.3) is 11.3 Å². The van der Waals surface area contributed by atoms with Crippen LogP contribution in [0.3, 0.4) is 0 Å². The lowest BCUT2D eigenvalue weighted by atomic mass is 10.2. The second-order valence-corrected chi connectivity index (χ2v) is 4.64. The number of nitrogens with zero attached hydrogens (tertiary/aromatic N) is 4. The van der Waals surface area contributed by atoms with Gasteiger partial charge in [0.2, 0.25) is 0 Å². The minimum atomic E-state index is -0.263. The van der Waals surface area contributed by atoms with Crippen molar-refractivity contribution in [3.63, 3.8) is 0 Å². The summed E-state index contributed by atoms with van der Waals surface area (Å²) in [7, 11) is 0. The summed E-state index contributed by atoms with van der Waals surface area (Å²) in [6, 6.07) is 11.8. The lowest BCUT2D eigenvalue weighted by Crippen LogP contribution is -1.97. The monoisotopic (exact) mass is 292 g/mol. The van der Waals surface area contributed by atoms with E-state index in [1.165, 1.54) is 12.1 Å². The summed E-state index contributed by atoms with van der Waals surface area (Å²) >= 11 is 0. The van der Waals surface area contributed by atoms with Gasteiger partial charge in [-0.3, -0.25) is 4.68 Å². The molecule has 5 heteroatoms. The van der Waals surface area contributed by atoms with Gasteiger partial charge in [0.05, 0.1) is 12.7 Å². The highest BCUT2D eigenvalue weighted by Gasteiger charge is 2.03. The van der Waals surface area contributed by atoms with Crippen molar-refractivity contribution in [3.8, 4) is 23.1 Å². The van der Waals surface area contributed by atoms with Crippen molar-refractivity contribution < 1.29 is 4.39 Å². The number of rotatable bonds is 3. The van der Waals surface area contributed by atoms with E-state index in [0.717, 1.165) is 17.0 Å². The van der Waals surface area contributed by atoms with Crippen LogP contribution in [0.15, 0.2) is 54.9 Å². The summed E-state index contributed by atoms with van der Waals surface area (Å²) in [5.74, 6) is 5.79. The van der Waals surface area contributed by atoms with Gasteiger partial charge < -0.3 is 0 Å². The number of hydrogen-bond donors (Lipinski definition) is 0. The minimum Gasteiger partial charge on any atom is -0.251 e. The molecule has 0 fully saturated rings. The maximum absolute atomic E-state index is 12.9. The molecule has 1 aromatic carbocycles. The fourth-order valence-electron chi connectivity index (χ4n) is 1.92. The third kappa shape index (κ3) is 3.55. The summed E-state index contributed by atoms with van der Waals surface area (Å²) in [5.41, 5.74) is 2.32. The Bertz CT molecular complexity index is 798. The molecule has 3 aromatic rings. The molecule has 0 amide bonds. The number of aromatic nitrogens is 4. The molecule has 108 valence electrons. The summed E-state index contributed by atoms with van der Waals surface area (Å²) < 4.78 is 14.6. The highest BCUT2D eigenvalue weighted by Crippen LogP contribution is 2.16. The van der Waals surface area contributed by atoms with Crippen LogP contribution in [0.5, 0.6) is 0 Å². The zero-order valence-electron chi connectivity index (χ0n) is 11.8. The average molecular weight is 292 g/mol. The van der Waals surface area contributed by atoms with E-state index < -0.39 is 0 Å². The first-order chi connectivity index (χ1) is 10.8. The summed E-state index contributed by atoms with van der Waals surface area (Å²) in [4.78, 5) is 4.14. The predicted molar refractivity (Wildman–Crippen MR) is 81.1 cm³/mol. The Morgan fingerprint density at radius 3 is 2.73 bits per heavy atom. The second kappa shape index (κ2) is 6.64. The van der Waals surface area contributed by atoms with Gasteiger partial charge >= 0.3 is 0 Å². The van der Waals surface area contributed by atoms with Crippen LogP contribution in [0.1, 0.15) is 12.1 Å². The Labute approximate surface area is 127 Å². The Morgan fingerprint density at radius 2 is 1.95 bits per heavy atom. The first-order valence-electron chi connectivity index (χ1n) is 6.87. The van der Waals surface area contributed by atoms with Crippen LogP contribution < -0.4 is 0 Å². The summed E-state index contributed by atoms with van der Waals surface area (Å²) in [6.45, 7) is 0.647. The molecule has 0 radical (unpaired) electrons. The molecule has 22 heavy (non-hydrogen) atoms. The van der Waals surface area contributed by atoms with E-state index in [2.05, 4.69) is 27.1 Å². The maximum Gasteiger partial charge on any atom is 0.123 e. The van der Waals surface area contributed by atoms with Crippen LogP contribution in [0, 0.1) is 17.7 Å². The Hall–Kier alpha value is -3.00. The molecule has 0 spiro atoms. The first kappa shape index (κ1) is 14.0. The number of benzene rings is 1. The van der Waals surface area contributed by atoms with Crippen molar-refractivity contribution in [2.24, 2.45) is 0 Å². The summed E-state index contributed by atoms with van der Waals surface area (Å²) in [6.07, 6.45) is 4.20. The number of pyridine rings is 1. The SMILES string of the molecule is Fc1ccc(-c2cn(CCC#Cc3ccccn3)nn2)cc1. The molecule has 0 saturated carbocycles. The van der Waals surface area contributed by atoms with Crippen LogP contribution in [0.2, 0.25) is 0 Å². The topological polar surface area (TPSA) is 43.6 Å².